The maximum atomic E-state index is 5.81. The summed E-state index contributed by atoms with van der Waals surface area (Å²) in [6, 6.07) is 0. The topological polar surface area (TPSA) is 67.6 Å². The zero-order valence-corrected chi connectivity index (χ0v) is 10.0. The van der Waals surface area contributed by atoms with Crippen molar-refractivity contribution in [3.63, 3.8) is 0 Å². The highest BCUT2D eigenvalue weighted by atomic mass is 15.0. The minimum absolute atomic E-state index is 0.456. The van der Waals surface area contributed by atoms with Crippen LogP contribution in [0.1, 0.15) is 31.2 Å². The highest BCUT2D eigenvalue weighted by molar-refractivity contribution is 5.91. The second-order valence-corrected chi connectivity index (χ2v) is 3.90. The number of terminal acetylenes is 1. The van der Waals surface area contributed by atoms with Gasteiger partial charge in [0.2, 0.25) is 0 Å². The number of aromatic nitrogens is 3. The third kappa shape index (κ3) is 2.61. The molecule has 0 spiro atoms. The lowest BCUT2D eigenvalue weighted by Gasteiger charge is -1.93. The molecule has 0 radical (unpaired) electrons. The van der Waals surface area contributed by atoms with Gasteiger partial charge in [-0.1, -0.05) is 11.8 Å². The van der Waals surface area contributed by atoms with E-state index in [9.17, 15) is 0 Å². The molecule has 3 N–H and O–H groups in total. The van der Waals surface area contributed by atoms with Crippen LogP contribution in [0.3, 0.4) is 0 Å². The molecule has 90 valence electrons. The number of anilines is 1. The van der Waals surface area contributed by atoms with Gasteiger partial charge in [-0.3, -0.25) is 0 Å². The molecular formula is C14H14N4. The van der Waals surface area contributed by atoms with Gasteiger partial charge in [0.1, 0.15) is 17.8 Å². The number of nitrogens with one attached hydrogen (secondary N) is 1. The number of nitrogens with two attached hydrogens (primary N) is 1. The van der Waals surface area contributed by atoms with Gasteiger partial charge in [0.25, 0.3) is 0 Å². The van der Waals surface area contributed by atoms with Crippen LogP contribution in [0, 0.1) is 24.2 Å². The normalized spacial score (nSPS) is 9.72. The smallest absolute Gasteiger partial charge is 0.144 e. The van der Waals surface area contributed by atoms with Gasteiger partial charge in [-0.15, -0.1) is 12.3 Å². The van der Waals surface area contributed by atoms with Crippen molar-refractivity contribution < 1.29 is 0 Å². The molecule has 4 heteroatoms. The fourth-order valence-electron chi connectivity index (χ4n) is 1.68. The number of aromatic amines is 1. The van der Waals surface area contributed by atoms with Crippen LogP contribution in [0.2, 0.25) is 0 Å². The van der Waals surface area contributed by atoms with E-state index in [2.05, 4.69) is 32.7 Å². The minimum atomic E-state index is 0.456. The van der Waals surface area contributed by atoms with E-state index in [1.807, 2.05) is 6.20 Å². The van der Waals surface area contributed by atoms with Crippen LogP contribution in [-0.2, 0) is 0 Å². The van der Waals surface area contributed by atoms with Gasteiger partial charge in [-0.25, -0.2) is 9.97 Å². The summed E-state index contributed by atoms with van der Waals surface area (Å²) in [5.41, 5.74) is 7.38. The molecule has 0 aliphatic rings. The summed E-state index contributed by atoms with van der Waals surface area (Å²) in [6.45, 7) is 0. The average Bonchev–Trinajstić information content (AvgIpc) is 2.78. The fraction of sp³-hybridized carbons (Fsp3) is 0.286. The Labute approximate surface area is 106 Å². The third-order valence-electron chi connectivity index (χ3n) is 2.60. The number of unbranched alkanes of at least 4 members (excludes halogenated alkanes) is 3. The van der Waals surface area contributed by atoms with Crippen molar-refractivity contribution in [1.29, 1.82) is 0 Å². The molecule has 2 aromatic heterocycles. The van der Waals surface area contributed by atoms with Gasteiger partial charge < -0.3 is 10.7 Å². The van der Waals surface area contributed by atoms with Gasteiger partial charge in [0.05, 0.1) is 10.9 Å². The molecule has 0 unspecified atom stereocenters. The van der Waals surface area contributed by atoms with Crippen molar-refractivity contribution in [1.82, 2.24) is 15.0 Å². The number of rotatable bonds is 3. The van der Waals surface area contributed by atoms with Crippen LogP contribution < -0.4 is 5.73 Å². The van der Waals surface area contributed by atoms with Gasteiger partial charge >= 0.3 is 0 Å². The Morgan fingerprint density at radius 1 is 1.28 bits per heavy atom. The third-order valence-corrected chi connectivity index (χ3v) is 2.60. The van der Waals surface area contributed by atoms with Crippen LogP contribution in [-0.4, -0.2) is 15.0 Å². The summed E-state index contributed by atoms with van der Waals surface area (Å²) in [6.07, 6.45) is 12.1. The molecule has 0 amide bonds. The molecule has 0 aliphatic carbocycles. The molecule has 0 bridgehead atoms. The van der Waals surface area contributed by atoms with Crippen molar-refractivity contribution in [3.8, 4) is 24.2 Å². The van der Waals surface area contributed by atoms with E-state index in [4.69, 9.17) is 12.2 Å². The summed E-state index contributed by atoms with van der Waals surface area (Å²) < 4.78 is 0. The first-order valence-electron chi connectivity index (χ1n) is 5.83. The summed E-state index contributed by atoms with van der Waals surface area (Å²) >= 11 is 0. The first-order chi connectivity index (χ1) is 8.83. The standard InChI is InChI=1S/C14H14N4/c1-2-3-4-5-6-7-8-11-9-16-14-12(11)13(15)17-10-18-14/h1,9-10H,3-6H2,(H3,15,16,17,18). The number of hydrogen-bond donors (Lipinski definition) is 2. The van der Waals surface area contributed by atoms with E-state index in [0.29, 0.717) is 5.82 Å². The summed E-state index contributed by atoms with van der Waals surface area (Å²) in [4.78, 5) is 11.1. The molecule has 0 saturated heterocycles. The van der Waals surface area contributed by atoms with E-state index >= 15 is 0 Å². The SMILES string of the molecule is C#CCCCCC#Cc1c[nH]c2ncnc(N)c12. The number of H-pyrrole nitrogens is 1. The maximum absolute atomic E-state index is 5.81. The molecule has 2 aromatic rings. The van der Waals surface area contributed by atoms with Gasteiger partial charge in [0, 0.05) is 19.0 Å². The zero-order chi connectivity index (χ0) is 12.8. The lowest BCUT2D eigenvalue weighted by Crippen LogP contribution is -1.92. The zero-order valence-electron chi connectivity index (χ0n) is 10.0. The van der Waals surface area contributed by atoms with E-state index in [1.54, 1.807) is 0 Å². The summed E-state index contributed by atoms with van der Waals surface area (Å²) in [5.74, 6) is 9.28. The lowest BCUT2D eigenvalue weighted by molar-refractivity contribution is 0.783. The highest BCUT2D eigenvalue weighted by Gasteiger charge is 2.06. The highest BCUT2D eigenvalue weighted by Crippen LogP contribution is 2.19. The second kappa shape index (κ2) is 5.75. The van der Waals surface area contributed by atoms with E-state index < -0.39 is 0 Å². The van der Waals surface area contributed by atoms with Crippen LogP contribution >= 0.6 is 0 Å². The molecule has 2 rings (SSSR count). The predicted octanol–water partition coefficient (Wildman–Crippen LogP) is 2.09. The number of nitrogen functional groups attached to an aromatic ring is 1. The Morgan fingerprint density at radius 2 is 2.11 bits per heavy atom. The van der Waals surface area contributed by atoms with Crippen LogP contribution in [0.5, 0.6) is 0 Å². The average molecular weight is 238 g/mol. The summed E-state index contributed by atoms with van der Waals surface area (Å²) in [5, 5.41) is 0.800. The van der Waals surface area contributed by atoms with E-state index in [0.717, 1.165) is 42.3 Å². The van der Waals surface area contributed by atoms with Crippen LogP contribution in [0.15, 0.2) is 12.5 Å². The monoisotopic (exact) mass is 238 g/mol. The second-order valence-electron chi connectivity index (χ2n) is 3.90. The minimum Gasteiger partial charge on any atom is -0.383 e. The van der Waals surface area contributed by atoms with Gasteiger partial charge in [0.15, 0.2) is 0 Å². The van der Waals surface area contributed by atoms with E-state index in [-0.39, 0.29) is 0 Å². The molecule has 2 heterocycles. The van der Waals surface area contributed by atoms with Crippen LogP contribution in [0.25, 0.3) is 11.0 Å². The molecule has 0 aliphatic heterocycles. The number of hydrogen-bond acceptors (Lipinski definition) is 3. The molecule has 4 nitrogen and oxygen atoms in total. The van der Waals surface area contributed by atoms with E-state index in [1.165, 1.54) is 6.33 Å². The molecule has 0 atom stereocenters. The van der Waals surface area contributed by atoms with Crippen molar-refractivity contribution in [3.05, 3.63) is 18.1 Å². The Hall–Kier alpha value is -2.46. The number of nitrogens with zero attached hydrogens (tertiary/aromatic N) is 2. The van der Waals surface area contributed by atoms with Gasteiger partial charge in [-0.05, 0) is 12.8 Å². The van der Waals surface area contributed by atoms with Crippen molar-refractivity contribution >= 4 is 16.9 Å². The van der Waals surface area contributed by atoms with Crippen LogP contribution in [0.4, 0.5) is 5.82 Å². The van der Waals surface area contributed by atoms with Crippen molar-refractivity contribution in [2.75, 3.05) is 5.73 Å². The molecule has 0 fully saturated rings. The van der Waals surface area contributed by atoms with Gasteiger partial charge in [-0.2, -0.15) is 0 Å². The first kappa shape index (κ1) is 12.0. The Kier molecular flexibility index (Phi) is 3.83. The fourth-order valence-corrected chi connectivity index (χ4v) is 1.68. The Morgan fingerprint density at radius 3 is 2.94 bits per heavy atom. The largest absolute Gasteiger partial charge is 0.383 e. The Balaban J connectivity index is 2.09. The van der Waals surface area contributed by atoms with Crippen molar-refractivity contribution in [2.24, 2.45) is 0 Å². The molecule has 0 saturated carbocycles. The maximum Gasteiger partial charge on any atom is 0.144 e. The molecular weight excluding hydrogens is 224 g/mol. The number of fused-ring (bicyclic) bond motifs is 1. The van der Waals surface area contributed by atoms with Crippen molar-refractivity contribution in [2.45, 2.75) is 25.7 Å². The first-order valence-corrected chi connectivity index (χ1v) is 5.83. The Bertz CT molecular complexity index is 637. The quantitative estimate of drug-likeness (QED) is 0.635. The predicted molar refractivity (Wildman–Crippen MR) is 72.5 cm³/mol. The molecule has 0 aromatic carbocycles. The lowest BCUT2D eigenvalue weighted by atomic mass is 10.2. The summed E-state index contributed by atoms with van der Waals surface area (Å²) in [7, 11) is 0. The molecule has 18 heavy (non-hydrogen) atoms.